The SMILES string of the molecule is CCOC(=O)c1ccsc1N1CC/C(=C\C2=C(C(=O)O)N3C(=O)[C@@H](NC(=O)/C(=N\O)c4csc(N)n4)[C@H]3SC2)C1=O.O=C(O)C(F)(F)F. The zero-order valence-electron chi connectivity index (χ0n) is 24.2. The fraction of sp³-hybridized carbons (Fsp3) is 0.308. The molecule has 0 saturated carbocycles. The van der Waals surface area contributed by atoms with Gasteiger partial charge >= 0.3 is 24.1 Å². The second-order valence-corrected chi connectivity index (χ2v) is 12.5. The number of carboxylic acids is 2. The van der Waals surface area contributed by atoms with Crippen molar-refractivity contribution in [3.63, 3.8) is 0 Å². The molecule has 256 valence electrons. The van der Waals surface area contributed by atoms with E-state index in [-0.39, 0.29) is 45.9 Å². The fourth-order valence-electron chi connectivity index (χ4n) is 4.60. The molecule has 0 radical (unpaired) electrons. The Morgan fingerprint density at radius 2 is 1.92 bits per heavy atom. The first-order valence-corrected chi connectivity index (χ1v) is 16.1. The average molecular weight is 733 g/mol. The van der Waals surface area contributed by atoms with Gasteiger partial charge in [-0.1, -0.05) is 5.16 Å². The van der Waals surface area contributed by atoms with Crippen LogP contribution < -0.4 is 16.0 Å². The number of rotatable bonds is 8. The number of oxime groups is 1. The lowest BCUT2D eigenvalue weighted by molar-refractivity contribution is -0.192. The number of esters is 1. The number of carbonyl (C=O) groups is 6. The Morgan fingerprint density at radius 1 is 1.23 bits per heavy atom. The van der Waals surface area contributed by atoms with E-state index < -0.39 is 53.0 Å². The molecule has 0 aliphatic carbocycles. The summed E-state index contributed by atoms with van der Waals surface area (Å²) in [6, 6.07) is 0.509. The van der Waals surface area contributed by atoms with E-state index in [2.05, 4.69) is 15.5 Å². The maximum absolute atomic E-state index is 13.3. The smallest absolute Gasteiger partial charge is 0.477 e. The first-order chi connectivity index (χ1) is 22.6. The molecule has 3 amide bonds. The summed E-state index contributed by atoms with van der Waals surface area (Å²) < 4.78 is 36.8. The number of thiazole rings is 1. The van der Waals surface area contributed by atoms with Gasteiger partial charge in [0.2, 0.25) is 0 Å². The predicted octanol–water partition coefficient (Wildman–Crippen LogP) is 1.88. The van der Waals surface area contributed by atoms with Crippen LogP contribution >= 0.6 is 34.4 Å². The molecule has 3 aliphatic heterocycles. The normalized spacial score (nSPS) is 20.2. The van der Waals surface area contributed by atoms with Crippen molar-refractivity contribution < 1.29 is 62.1 Å². The van der Waals surface area contributed by atoms with Crippen LogP contribution in [0.15, 0.2) is 44.9 Å². The minimum absolute atomic E-state index is 0.0275. The van der Waals surface area contributed by atoms with E-state index in [1.165, 1.54) is 39.5 Å². The van der Waals surface area contributed by atoms with Gasteiger partial charge in [0.05, 0.1) is 12.2 Å². The summed E-state index contributed by atoms with van der Waals surface area (Å²) in [6.45, 7) is 2.17. The van der Waals surface area contributed by atoms with Crippen molar-refractivity contribution in [1.82, 2.24) is 15.2 Å². The van der Waals surface area contributed by atoms with Crippen molar-refractivity contribution in [3.05, 3.63) is 51.0 Å². The molecule has 0 unspecified atom stereocenters. The number of aromatic nitrogens is 1. The topological polar surface area (TPSA) is 242 Å². The van der Waals surface area contributed by atoms with E-state index in [1.807, 2.05) is 0 Å². The van der Waals surface area contributed by atoms with E-state index in [0.717, 1.165) is 16.2 Å². The number of hydrogen-bond donors (Lipinski definition) is 5. The first-order valence-electron chi connectivity index (χ1n) is 13.3. The summed E-state index contributed by atoms with van der Waals surface area (Å²) in [5.74, 6) is -6.43. The number of β-lactam (4-membered cyclic amide) rings is 1. The van der Waals surface area contributed by atoms with Gasteiger partial charge in [0.15, 0.2) is 10.8 Å². The number of carboxylic acid groups (broad SMARTS) is 2. The van der Waals surface area contributed by atoms with E-state index in [0.29, 0.717) is 23.5 Å². The van der Waals surface area contributed by atoms with E-state index >= 15 is 0 Å². The maximum atomic E-state index is 13.3. The number of amides is 3. The summed E-state index contributed by atoms with van der Waals surface area (Å²) >= 11 is 3.47. The third-order valence-corrected chi connectivity index (χ3v) is 9.58. The minimum Gasteiger partial charge on any atom is -0.477 e. The van der Waals surface area contributed by atoms with Crippen molar-refractivity contribution in [2.75, 3.05) is 29.5 Å². The summed E-state index contributed by atoms with van der Waals surface area (Å²) in [7, 11) is 0. The van der Waals surface area contributed by atoms with Crippen molar-refractivity contribution in [2.45, 2.75) is 30.9 Å². The molecule has 5 heterocycles. The Morgan fingerprint density at radius 3 is 2.48 bits per heavy atom. The highest BCUT2D eigenvalue weighted by Crippen LogP contribution is 2.42. The monoisotopic (exact) mass is 732 g/mol. The number of halogens is 3. The third kappa shape index (κ3) is 7.28. The summed E-state index contributed by atoms with van der Waals surface area (Å²) in [6.07, 6.45) is -3.30. The molecule has 2 aromatic heterocycles. The van der Waals surface area contributed by atoms with Crippen LogP contribution in [0, 0.1) is 0 Å². The van der Waals surface area contributed by atoms with Gasteiger partial charge < -0.3 is 31.2 Å². The van der Waals surface area contributed by atoms with Crippen LogP contribution in [0.1, 0.15) is 29.4 Å². The number of hydrogen-bond acceptors (Lipinski definition) is 14. The van der Waals surface area contributed by atoms with Crippen molar-refractivity contribution in [3.8, 4) is 0 Å². The average Bonchev–Trinajstić information content (AvgIpc) is 3.76. The number of thioether (sulfide) groups is 1. The Kier molecular flexibility index (Phi) is 10.8. The number of fused-ring (bicyclic) bond motifs is 1. The highest BCUT2D eigenvalue weighted by atomic mass is 32.2. The molecule has 2 saturated heterocycles. The zero-order valence-corrected chi connectivity index (χ0v) is 26.7. The highest BCUT2D eigenvalue weighted by Gasteiger charge is 2.54. The van der Waals surface area contributed by atoms with Crippen LogP contribution in [0.5, 0.6) is 0 Å². The summed E-state index contributed by atoms with van der Waals surface area (Å²) in [5.41, 5.74) is 5.77. The molecule has 0 bridgehead atoms. The van der Waals surface area contributed by atoms with Crippen LogP contribution in [-0.2, 0) is 28.7 Å². The van der Waals surface area contributed by atoms with Gasteiger partial charge in [-0.3, -0.25) is 24.2 Å². The number of carbonyl (C=O) groups excluding carboxylic acids is 4. The summed E-state index contributed by atoms with van der Waals surface area (Å²) in [4.78, 5) is 78.9. The number of allylic oxidation sites excluding steroid dienone is 1. The quantitative estimate of drug-likeness (QED) is 0.0651. The molecule has 2 fully saturated rings. The van der Waals surface area contributed by atoms with E-state index in [9.17, 15) is 47.5 Å². The van der Waals surface area contributed by atoms with Crippen LogP contribution in [0.2, 0.25) is 0 Å². The molecule has 2 aromatic rings. The Balaban J connectivity index is 0.000000671. The lowest BCUT2D eigenvalue weighted by Gasteiger charge is -2.49. The number of nitrogens with two attached hydrogens (primary N) is 1. The summed E-state index contributed by atoms with van der Waals surface area (Å²) in [5, 5.41) is 34.9. The number of nitrogens with one attached hydrogen (secondary N) is 1. The fourth-order valence-corrected chi connectivity index (χ4v) is 7.37. The van der Waals surface area contributed by atoms with Crippen molar-refractivity contribution in [1.29, 1.82) is 0 Å². The molecule has 3 aliphatic rings. The molecule has 16 nitrogen and oxygen atoms in total. The molecule has 48 heavy (non-hydrogen) atoms. The number of ether oxygens (including phenoxy) is 1. The van der Waals surface area contributed by atoms with Gasteiger partial charge in [0.25, 0.3) is 17.7 Å². The molecular weight excluding hydrogens is 710 g/mol. The number of nitrogens with zero attached hydrogens (tertiary/aromatic N) is 4. The third-order valence-electron chi connectivity index (χ3n) is 6.67. The van der Waals surface area contributed by atoms with Gasteiger partial charge in [0, 0.05) is 23.3 Å². The van der Waals surface area contributed by atoms with Gasteiger partial charge in [-0.2, -0.15) is 13.2 Å². The molecule has 2 atom stereocenters. The van der Waals surface area contributed by atoms with E-state index in [4.69, 9.17) is 20.4 Å². The van der Waals surface area contributed by atoms with Gasteiger partial charge in [0.1, 0.15) is 27.8 Å². The van der Waals surface area contributed by atoms with Crippen LogP contribution in [0.4, 0.5) is 23.3 Å². The minimum atomic E-state index is -5.08. The van der Waals surface area contributed by atoms with Gasteiger partial charge in [-0.25, -0.2) is 19.4 Å². The van der Waals surface area contributed by atoms with Gasteiger partial charge in [-0.05, 0) is 36.4 Å². The van der Waals surface area contributed by atoms with Crippen LogP contribution in [0.25, 0.3) is 0 Å². The lowest BCUT2D eigenvalue weighted by atomic mass is 10.0. The molecular formula is C26H23F3N6O10S3. The molecule has 22 heteroatoms. The molecule has 6 N–H and O–H groups in total. The maximum Gasteiger partial charge on any atom is 0.490 e. The van der Waals surface area contributed by atoms with Crippen LogP contribution in [0.3, 0.4) is 0 Å². The number of anilines is 2. The zero-order chi connectivity index (χ0) is 35.5. The largest absolute Gasteiger partial charge is 0.490 e. The first kappa shape index (κ1) is 35.9. The second kappa shape index (κ2) is 14.4. The Labute approximate surface area is 279 Å². The number of aliphatic carboxylic acids is 2. The molecule has 0 aromatic carbocycles. The van der Waals surface area contributed by atoms with Crippen LogP contribution in [-0.4, -0.2) is 103 Å². The van der Waals surface area contributed by atoms with Crippen molar-refractivity contribution >= 4 is 85.9 Å². The number of thiophene rings is 1. The highest BCUT2D eigenvalue weighted by molar-refractivity contribution is 8.00. The molecule has 0 spiro atoms. The van der Waals surface area contributed by atoms with E-state index in [1.54, 1.807) is 18.4 Å². The van der Waals surface area contributed by atoms with Crippen molar-refractivity contribution in [2.24, 2.45) is 5.16 Å². The number of alkyl halides is 3. The standard InChI is InChI=1S/C24H22N6O8S3.C2HF3O2/c1-2-38-23(36)12-4-6-39-20(12)29-5-3-10(18(29)32)7-11-8-40-21-15(19(33)30(21)16(11)22(34)35)27-17(31)14(28-37)13-9-41-24(25)26-13;3-2(4,5)1(6)7/h4,6-7,9,15,21,37H,2-3,5,8H2,1H3,(H2,25,26)(H,27,31)(H,34,35);(H,6,7)/b10-7+,28-14-;/t15-,21-;/m1./s1. The molecule has 5 rings (SSSR count). The Bertz CT molecular complexity index is 1770. The second-order valence-electron chi connectivity index (χ2n) is 9.60. The number of nitrogen functional groups attached to an aromatic ring is 1. The lowest BCUT2D eigenvalue weighted by Crippen LogP contribution is -2.71. The Hall–Kier alpha value is -4.96. The van der Waals surface area contributed by atoms with Gasteiger partial charge in [-0.15, -0.1) is 34.4 Å². The predicted molar refractivity (Wildman–Crippen MR) is 164 cm³/mol.